The van der Waals surface area contributed by atoms with Crippen molar-refractivity contribution in [2.75, 3.05) is 30.1 Å². The zero-order chi connectivity index (χ0) is 17.2. The van der Waals surface area contributed by atoms with Crippen molar-refractivity contribution in [1.82, 2.24) is 10.2 Å². The van der Waals surface area contributed by atoms with E-state index in [1.807, 2.05) is 12.1 Å². The largest absolute Gasteiger partial charge is 0.454 e. The molecule has 0 spiro atoms. The van der Waals surface area contributed by atoms with Crippen molar-refractivity contribution >= 4 is 29.0 Å². The number of halogens is 1. The number of piperidine rings is 1. The highest BCUT2D eigenvalue weighted by Gasteiger charge is 2.26. The van der Waals surface area contributed by atoms with Gasteiger partial charge in [-0.15, -0.1) is 10.2 Å². The molecule has 1 amide bonds. The molecule has 2 aliphatic heterocycles. The van der Waals surface area contributed by atoms with Gasteiger partial charge in [-0.25, -0.2) is 0 Å². The van der Waals surface area contributed by atoms with E-state index in [1.54, 1.807) is 18.2 Å². The minimum atomic E-state index is -0.0260. The van der Waals surface area contributed by atoms with Crippen LogP contribution < -0.4 is 19.7 Å². The lowest BCUT2D eigenvalue weighted by Crippen LogP contribution is -2.38. The van der Waals surface area contributed by atoms with Crippen LogP contribution in [0.1, 0.15) is 12.8 Å². The first-order valence-electron chi connectivity index (χ1n) is 8.14. The summed E-state index contributed by atoms with van der Waals surface area (Å²) in [5.41, 5.74) is 0.722. The van der Waals surface area contributed by atoms with Gasteiger partial charge >= 0.3 is 0 Å². The standard InChI is InChI=1S/C17H17ClN4O3/c18-15-3-4-16(21-20-15)22-7-5-11(6-8-22)17(23)19-12-1-2-13-14(9-12)25-10-24-13/h1-4,9,11H,5-8,10H2,(H,19,23). The summed E-state index contributed by atoms with van der Waals surface area (Å²) < 4.78 is 10.6. The Morgan fingerprint density at radius 3 is 2.68 bits per heavy atom. The highest BCUT2D eigenvalue weighted by molar-refractivity contribution is 6.29. The Kier molecular flexibility index (Phi) is 4.31. The summed E-state index contributed by atoms with van der Waals surface area (Å²) in [5, 5.41) is 11.3. The number of nitrogens with one attached hydrogen (secondary N) is 1. The van der Waals surface area contributed by atoms with E-state index in [4.69, 9.17) is 21.1 Å². The molecule has 7 nitrogen and oxygen atoms in total. The van der Waals surface area contributed by atoms with Gasteiger partial charge in [-0.2, -0.15) is 0 Å². The SMILES string of the molecule is O=C(Nc1ccc2c(c1)OCO2)C1CCN(c2ccc(Cl)nn2)CC1. The van der Waals surface area contributed by atoms with Crippen LogP contribution in [0, 0.1) is 5.92 Å². The average molecular weight is 361 g/mol. The van der Waals surface area contributed by atoms with Gasteiger partial charge in [0.1, 0.15) is 0 Å². The monoisotopic (exact) mass is 360 g/mol. The predicted octanol–water partition coefficient (Wildman–Crippen LogP) is 2.71. The molecule has 1 aromatic heterocycles. The van der Waals surface area contributed by atoms with Gasteiger partial charge in [-0.05, 0) is 37.1 Å². The molecule has 1 N–H and O–H groups in total. The molecule has 0 atom stereocenters. The van der Waals surface area contributed by atoms with Crippen LogP contribution >= 0.6 is 11.6 Å². The molecule has 0 saturated carbocycles. The normalized spacial score (nSPS) is 16.8. The van der Waals surface area contributed by atoms with Crippen molar-refractivity contribution in [2.24, 2.45) is 5.92 Å². The van der Waals surface area contributed by atoms with E-state index in [0.29, 0.717) is 16.7 Å². The number of hydrogen-bond acceptors (Lipinski definition) is 6. The van der Waals surface area contributed by atoms with Gasteiger partial charge in [0.05, 0.1) is 0 Å². The number of aromatic nitrogens is 2. The molecule has 130 valence electrons. The highest BCUT2D eigenvalue weighted by atomic mass is 35.5. The molecule has 2 aromatic rings. The number of ether oxygens (including phenoxy) is 2. The number of carbonyl (C=O) groups is 1. The number of hydrogen-bond donors (Lipinski definition) is 1. The molecule has 8 heteroatoms. The topological polar surface area (TPSA) is 76.6 Å². The van der Waals surface area contributed by atoms with Gasteiger partial charge in [0.2, 0.25) is 12.7 Å². The van der Waals surface area contributed by atoms with Crippen LogP contribution in [0.5, 0.6) is 11.5 Å². The lowest BCUT2D eigenvalue weighted by atomic mass is 9.96. The fourth-order valence-corrected chi connectivity index (χ4v) is 3.17. The summed E-state index contributed by atoms with van der Waals surface area (Å²) in [5.74, 6) is 2.16. The Balaban J connectivity index is 1.34. The molecule has 0 radical (unpaired) electrons. The van der Waals surface area contributed by atoms with Crippen molar-refractivity contribution in [3.05, 3.63) is 35.5 Å². The van der Waals surface area contributed by atoms with E-state index >= 15 is 0 Å². The number of fused-ring (bicyclic) bond motifs is 1. The van der Waals surface area contributed by atoms with Crippen molar-refractivity contribution in [2.45, 2.75) is 12.8 Å². The Morgan fingerprint density at radius 1 is 1.12 bits per heavy atom. The van der Waals surface area contributed by atoms with Gasteiger partial charge in [-0.3, -0.25) is 4.79 Å². The van der Waals surface area contributed by atoms with Crippen LogP contribution in [0.15, 0.2) is 30.3 Å². The fourth-order valence-electron chi connectivity index (χ4n) is 3.07. The molecule has 0 aliphatic carbocycles. The molecule has 1 saturated heterocycles. The molecule has 1 aromatic carbocycles. The Bertz CT molecular complexity index is 776. The van der Waals surface area contributed by atoms with Gasteiger partial charge in [0.15, 0.2) is 22.5 Å². The van der Waals surface area contributed by atoms with E-state index in [2.05, 4.69) is 20.4 Å². The van der Waals surface area contributed by atoms with Gasteiger partial charge in [0.25, 0.3) is 0 Å². The third-order valence-corrected chi connectivity index (χ3v) is 4.65. The second-order valence-corrected chi connectivity index (χ2v) is 6.42. The molecule has 25 heavy (non-hydrogen) atoms. The molecule has 0 unspecified atom stereocenters. The first-order valence-corrected chi connectivity index (χ1v) is 8.51. The third kappa shape index (κ3) is 3.46. The maximum atomic E-state index is 12.5. The maximum Gasteiger partial charge on any atom is 0.231 e. The van der Waals surface area contributed by atoms with E-state index in [0.717, 1.165) is 37.4 Å². The molecule has 0 bridgehead atoms. The van der Waals surface area contributed by atoms with E-state index in [9.17, 15) is 4.79 Å². The lowest BCUT2D eigenvalue weighted by molar-refractivity contribution is -0.120. The van der Waals surface area contributed by atoms with Gasteiger partial charge in [0, 0.05) is 30.8 Å². The number of rotatable bonds is 3. The number of carbonyl (C=O) groups excluding carboxylic acids is 1. The third-order valence-electron chi connectivity index (χ3n) is 4.45. The van der Waals surface area contributed by atoms with E-state index in [1.165, 1.54) is 0 Å². The van der Waals surface area contributed by atoms with Crippen molar-refractivity contribution in [3.63, 3.8) is 0 Å². The number of anilines is 2. The zero-order valence-electron chi connectivity index (χ0n) is 13.4. The van der Waals surface area contributed by atoms with Gasteiger partial charge in [-0.1, -0.05) is 11.6 Å². The number of benzene rings is 1. The van der Waals surface area contributed by atoms with Crippen LogP contribution in [-0.4, -0.2) is 36.0 Å². The van der Waals surface area contributed by atoms with E-state index in [-0.39, 0.29) is 18.6 Å². The Hall–Kier alpha value is -2.54. The van der Waals surface area contributed by atoms with E-state index < -0.39 is 0 Å². The van der Waals surface area contributed by atoms with Crippen LogP contribution in [0.4, 0.5) is 11.5 Å². The zero-order valence-corrected chi connectivity index (χ0v) is 14.2. The summed E-state index contributed by atoms with van der Waals surface area (Å²) in [6, 6.07) is 8.99. The first-order chi connectivity index (χ1) is 12.2. The minimum Gasteiger partial charge on any atom is -0.454 e. The van der Waals surface area contributed by atoms with Crippen molar-refractivity contribution < 1.29 is 14.3 Å². The fraction of sp³-hybridized carbons (Fsp3) is 0.353. The maximum absolute atomic E-state index is 12.5. The summed E-state index contributed by atoms with van der Waals surface area (Å²) in [6.07, 6.45) is 1.53. The summed E-state index contributed by atoms with van der Waals surface area (Å²) in [4.78, 5) is 14.6. The second kappa shape index (κ2) is 6.76. The van der Waals surface area contributed by atoms with Crippen LogP contribution in [0.2, 0.25) is 5.15 Å². The molecular weight excluding hydrogens is 344 g/mol. The Labute approximate surface area is 149 Å². The van der Waals surface area contributed by atoms with Crippen LogP contribution in [0.3, 0.4) is 0 Å². The molecular formula is C17H17ClN4O3. The van der Waals surface area contributed by atoms with Crippen LogP contribution in [0.25, 0.3) is 0 Å². The summed E-state index contributed by atoms with van der Waals surface area (Å²) in [6.45, 7) is 1.74. The van der Waals surface area contributed by atoms with Gasteiger partial charge < -0.3 is 19.7 Å². The minimum absolute atomic E-state index is 0.0260. The highest BCUT2D eigenvalue weighted by Crippen LogP contribution is 2.34. The molecule has 2 aliphatic rings. The summed E-state index contributed by atoms with van der Waals surface area (Å²) in [7, 11) is 0. The average Bonchev–Trinajstić information content (AvgIpc) is 3.10. The number of nitrogens with zero attached hydrogens (tertiary/aromatic N) is 3. The predicted molar refractivity (Wildman–Crippen MR) is 93.2 cm³/mol. The molecule has 4 rings (SSSR count). The summed E-state index contributed by atoms with van der Waals surface area (Å²) >= 11 is 5.77. The van der Waals surface area contributed by atoms with Crippen molar-refractivity contribution in [1.29, 1.82) is 0 Å². The van der Waals surface area contributed by atoms with Crippen LogP contribution in [-0.2, 0) is 4.79 Å². The molecule has 1 fully saturated rings. The first kappa shape index (κ1) is 16.0. The Morgan fingerprint density at radius 2 is 1.92 bits per heavy atom. The molecule has 3 heterocycles. The number of amides is 1. The quantitative estimate of drug-likeness (QED) is 0.907. The smallest absolute Gasteiger partial charge is 0.231 e. The van der Waals surface area contributed by atoms with Crippen molar-refractivity contribution in [3.8, 4) is 11.5 Å². The second-order valence-electron chi connectivity index (χ2n) is 6.03. The lowest BCUT2D eigenvalue weighted by Gasteiger charge is -2.31.